The number of nitrogens with zero attached hydrogens (tertiary/aromatic N) is 2. The Morgan fingerprint density at radius 3 is 3.00 bits per heavy atom. The molecule has 0 radical (unpaired) electrons. The number of hydrogen-bond donors (Lipinski definition) is 0. The molecule has 0 bridgehead atoms. The third kappa shape index (κ3) is 2.51. The normalized spacial score (nSPS) is 26.0. The van der Waals surface area contributed by atoms with Crippen molar-refractivity contribution >= 4 is 11.6 Å². The van der Waals surface area contributed by atoms with Gasteiger partial charge < -0.3 is 4.52 Å². The first-order valence-electron chi connectivity index (χ1n) is 5.72. The van der Waals surface area contributed by atoms with E-state index in [0.717, 1.165) is 11.7 Å². The SMILES string of the molecule is CCC1CCC(c2noc(CCCl)n2)C1. The van der Waals surface area contributed by atoms with Crippen LogP contribution in [0.2, 0.25) is 0 Å². The first-order valence-corrected chi connectivity index (χ1v) is 6.25. The molecule has 2 atom stereocenters. The Morgan fingerprint density at radius 2 is 2.33 bits per heavy atom. The van der Waals surface area contributed by atoms with E-state index in [-0.39, 0.29) is 0 Å². The third-order valence-electron chi connectivity index (χ3n) is 3.28. The minimum Gasteiger partial charge on any atom is -0.339 e. The van der Waals surface area contributed by atoms with E-state index in [1.807, 2.05) is 0 Å². The highest BCUT2D eigenvalue weighted by molar-refractivity contribution is 6.17. The lowest BCUT2D eigenvalue weighted by atomic mass is 10.0. The summed E-state index contributed by atoms with van der Waals surface area (Å²) in [6, 6.07) is 0. The molecule has 1 saturated carbocycles. The molecule has 2 unspecified atom stereocenters. The number of aryl methyl sites for hydroxylation is 1. The Balaban J connectivity index is 1.97. The first kappa shape index (κ1) is 10.9. The van der Waals surface area contributed by atoms with E-state index in [2.05, 4.69) is 17.1 Å². The number of halogens is 1. The molecular formula is C11H17ClN2O. The molecule has 1 heterocycles. The summed E-state index contributed by atoms with van der Waals surface area (Å²) in [7, 11) is 0. The van der Waals surface area contributed by atoms with E-state index in [9.17, 15) is 0 Å². The van der Waals surface area contributed by atoms with Crippen LogP contribution in [-0.4, -0.2) is 16.0 Å². The molecule has 84 valence electrons. The van der Waals surface area contributed by atoms with E-state index in [1.54, 1.807) is 0 Å². The maximum atomic E-state index is 5.62. The van der Waals surface area contributed by atoms with Crippen LogP contribution in [0.15, 0.2) is 4.52 Å². The van der Waals surface area contributed by atoms with Crippen LogP contribution in [0.3, 0.4) is 0 Å². The van der Waals surface area contributed by atoms with Crippen molar-refractivity contribution in [3.63, 3.8) is 0 Å². The first-order chi connectivity index (χ1) is 7.33. The van der Waals surface area contributed by atoms with Gasteiger partial charge in [0, 0.05) is 18.2 Å². The molecule has 1 aromatic rings. The number of aromatic nitrogens is 2. The zero-order chi connectivity index (χ0) is 10.7. The monoisotopic (exact) mass is 228 g/mol. The van der Waals surface area contributed by atoms with Crippen LogP contribution >= 0.6 is 11.6 Å². The van der Waals surface area contributed by atoms with Crippen molar-refractivity contribution in [2.24, 2.45) is 5.92 Å². The highest BCUT2D eigenvalue weighted by atomic mass is 35.5. The quantitative estimate of drug-likeness (QED) is 0.744. The second-order valence-corrected chi connectivity index (χ2v) is 4.65. The van der Waals surface area contributed by atoms with Gasteiger partial charge in [0.25, 0.3) is 0 Å². The van der Waals surface area contributed by atoms with Gasteiger partial charge in [-0.3, -0.25) is 0 Å². The molecule has 3 nitrogen and oxygen atoms in total. The molecule has 0 aliphatic heterocycles. The standard InChI is InChI=1S/C11H17ClN2O/c1-2-8-3-4-9(7-8)11-13-10(5-6-12)15-14-11/h8-9H,2-7H2,1H3. The zero-order valence-corrected chi connectivity index (χ0v) is 9.83. The van der Waals surface area contributed by atoms with Crippen molar-refractivity contribution in [2.45, 2.75) is 44.9 Å². The smallest absolute Gasteiger partial charge is 0.227 e. The number of rotatable bonds is 4. The van der Waals surface area contributed by atoms with Crippen LogP contribution in [0, 0.1) is 5.92 Å². The maximum Gasteiger partial charge on any atom is 0.227 e. The minimum absolute atomic E-state index is 0.516. The molecule has 0 saturated heterocycles. The molecule has 0 spiro atoms. The van der Waals surface area contributed by atoms with Crippen LogP contribution < -0.4 is 0 Å². The van der Waals surface area contributed by atoms with Crippen LogP contribution in [-0.2, 0) is 6.42 Å². The molecule has 0 N–H and O–H groups in total. The van der Waals surface area contributed by atoms with E-state index in [0.29, 0.717) is 24.1 Å². The summed E-state index contributed by atoms with van der Waals surface area (Å²) in [5.74, 6) is 3.49. The fourth-order valence-electron chi connectivity index (χ4n) is 2.30. The van der Waals surface area contributed by atoms with Gasteiger partial charge in [-0.1, -0.05) is 18.5 Å². The van der Waals surface area contributed by atoms with Gasteiger partial charge in [-0.15, -0.1) is 11.6 Å². The molecular weight excluding hydrogens is 212 g/mol. The van der Waals surface area contributed by atoms with Gasteiger partial charge in [0.15, 0.2) is 5.82 Å². The Labute approximate surface area is 95.2 Å². The molecule has 1 aliphatic carbocycles. The molecule has 1 aliphatic rings. The summed E-state index contributed by atoms with van der Waals surface area (Å²) < 4.78 is 5.14. The lowest BCUT2D eigenvalue weighted by Gasteiger charge is -2.04. The molecule has 0 amide bonds. The number of hydrogen-bond acceptors (Lipinski definition) is 3. The second kappa shape index (κ2) is 4.97. The predicted octanol–water partition coefficient (Wildman–Crippen LogP) is 3.14. The third-order valence-corrected chi connectivity index (χ3v) is 3.46. The lowest BCUT2D eigenvalue weighted by molar-refractivity contribution is 0.372. The minimum atomic E-state index is 0.516. The fourth-order valence-corrected chi connectivity index (χ4v) is 2.46. The Morgan fingerprint density at radius 1 is 1.47 bits per heavy atom. The fraction of sp³-hybridized carbons (Fsp3) is 0.818. The number of alkyl halides is 1. The predicted molar refractivity (Wildman–Crippen MR) is 59.1 cm³/mol. The van der Waals surface area contributed by atoms with Crippen molar-refractivity contribution in [1.82, 2.24) is 10.1 Å². The highest BCUT2D eigenvalue weighted by Crippen LogP contribution is 2.38. The average Bonchev–Trinajstić information content (AvgIpc) is 2.85. The van der Waals surface area contributed by atoms with Gasteiger partial charge in [0.05, 0.1) is 0 Å². The van der Waals surface area contributed by atoms with Crippen molar-refractivity contribution in [2.75, 3.05) is 5.88 Å². The summed E-state index contributed by atoms with van der Waals surface area (Å²) in [5.41, 5.74) is 0. The molecule has 1 fully saturated rings. The summed E-state index contributed by atoms with van der Waals surface area (Å²) in [4.78, 5) is 4.39. The van der Waals surface area contributed by atoms with E-state index < -0.39 is 0 Å². The second-order valence-electron chi connectivity index (χ2n) is 4.27. The van der Waals surface area contributed by atoms with Gasteiger partial charge in [-0.05, 0) is 25.2 Å². The van der Waals surface area contributed by atoms with Crippen molar-refractivity contribution in [1.29, 1.82) is 0 Å². The van der Waals surface area contributed by atoms with Gasteiger partial charge in [-0.2, -0.15) is 4.98 Å². The maximum absolute atomic E-state index is 5.62. The summed E-state index contributed by atoms with van der Waals surface area (Å²) in [6.45, 7) is 2.25. The molecule has 15 heavy (non-hydrogen) atoms. The zero-order valence-electron chi connectivity index (χ0n) is 9.08. The van der Waals surface area contributed by atoms with Crippen molar-refractivity contribution in [3.05, 3.63) is 11.7 Å². The largest absolute Gasteiger partial charge is 0.339 e. The van der Waals surface area contributed by atoms with Crippen molar-refractivity contribution < 1.29 is 4.52 Å². The molecule has 1 aromatic heterocycles. The van der Waals surface area contributed by atoms with Crippen LogP contribution in [0.5, 0.6) is 0 Å². The summed E-state index contributed by atoms with van der Waals surface area (Å²) >= 11 is 5.62. The summed E-state index contributed by atoms with van der Waals surface area (Å²) in [5, 5.41) is 4.04. The van der Waals surface area contributed by atoms with Gasteiger partial charge in [0.2, 0.25) is 5.89 Å². The average molecular weight is 229 g/mol. The van der Waals surface area contributed by atoms with Gasteiger partial charge in [-0.25, -0.2) is 0 Å². The topological polar surface area (TPSA) is 38.9 Å². The van der Waals surface area contributed by atoms with Crippen molar-refractivity contribution in [3.8, 4) is 0 Å². The van der Waals surface area contributed by atoms with E-state index in [1.165, 1.54) is 25.7 Å². The molecule has 4 heteroatoms. The lowest BCUT2D eigenvalue weighted by Crippen LogP contribution is -1.97. The van der Waals surface area contributed by atoms with Crippen LogP contribution in [0.25, 0.3) is 0 Å². The van der Waals surface area contributed by atoms with Crippen LogP contribution in [0.1, 0.15) is 50.2 Å². The van der Waals surface area contributed by atoms with E-state index in [4.69, 9.17) is 16.1 Å². The summed E-state index contributed by atoms with van der Waals surface area (Å²) in [6.07, 6.45) is 5.68. The highest BCUT2D eigenvalue weighted by Gasteiger charge is 2.28. The Kier molecular flexibility index (Phi) is 3.62. The van der Waals surface area contributed by atoms with E-state index >= 15 is 0 Å². The Hall–Kier alpha value is -0.570. The van der Waals surface area contributed by atoms with Crippen LogP contribution in [0.4, 0.5) is 0 Å². The Bertz CT molecular complexity index is 313. The van der Waals surface area contributed by atoms with Gasteiger partial charge in [0.1, 0.15) is 0 Å². The van der Waals surface area contributed by atoms with Gasteiger partial charge >= 0.3 is 0 Å². The molecule has 2 rings (SSSR count). The molecule has 0 aromatic carbocycles.